The van der Waals surface area contributed by atoms with Gasteiger partial charge in [0.15, 0.2) is 10.9 Å². The van der Waals surface area contributed by atoms with Crippen LogP contribution in [0.2, 0.25) is 0 Å². The van der Waals surface area contributed by atoms with E-state index in [1.54, 1.807) is 22.2 Å². The molecule has 66 heavy (non-hydrogen) atoms. The molecule has 6 aromatic rings. The number of piperazine rings is 1. The average molecular weight is 913 g/mol. The quantitative estimate of drug-likeness (QED) is 0.162. The molecule has 0 radical (unpaired) electrons. The predicted octanol–water partition coefficient (Wildman–Crippen LogP) is 6.29. The number of halogens is 2. The first-order chi connectivity index (χ1) is 32.0. The number of nitrogens with one attached hydrogen (secondary N) is 2. The highest BCUT2D eigenvalue weighted by atomic mass is 32.1. The van der Waals surface area contributed by atoms with Crippen molar-refractivity contribution in [3.63, 3.8) is 0 Å². The van der Waals surface area contributed by atoms with E-state index >= 15 is 4.39 Å². The van der Waals surface area contributed by atoms with Crippen LogP contribution in [0.15, 0.2) is 90.4 Å². The maximum Gasteiger partial charge on any atom is 0.329 e. The minimum absolute atomic E-state index is 0.116. The molecule has 1 unspecified atom stereocenters. The molecule has 338 valence electrons. The number of fused-ring (bicyclic) bond motifs is 2. The predicted molar refractivity (Wildman–Crippen MR) is 245 cm³/mol. The lowest BCUT2D eigenvalue weighted by atomic mass is 9.89. The zero-order valence-corrected chi connectivity index (χ0v) is 36.9. The number of anilines is 3. The monoisotopic (exact) mass is 912 g/mol. The van der Waals surface area contributed by atoms with Crippen LogP contribution in [0.25, 0.3) is 22.0 Å². The number of hydrogen-bond acceptors (Lipinski definition) is 10. The minimum atomic E-state index is -1.23. The van der Waals surface area contributed by atoms with E-state index in [1.165, 1.54) is 57.2 Å². The van der Waals surface area contributed by atoms with E-state index in [1.807, 2.05) is 42.3 Å². The van der Waals surface area contributed by atoms with E-state index in [4.69, 9.17) is 0 Å². The summed E-state index contributed by atoms with van der Waals surface area (Å²) in [6, 6.07) is 20.8. The summed E-state index contributed by atoms with van der Waals surface area (Å²) < 4.78 is 32.0. The summed E-state index contributed by atoms with van der Waals surface area (Å²) in [4.78, 5) is 78.5. The van der Waals surface area contributed by atoms with Crippen LogP contribution in [0, 0.1) is 11.6 Å². The molecule has 0 spiro atoms. The molecule has 1 atom stereocenters. The summed E-state index contributed by atoms with van der Waals surface area (Å²) in [7, 11) is 1.86. The Hall–Kier alpha value is -7.05. The van der Waals surface area contributed by atoms with Crippen molar-refractivity contribution >= 4 is 68.5 Å². The van der Waals surface area contributed by atoms with E-state index in [0.717, 1.165) is 42.5 Å². The maximum atomic E-state index is 15.8. The van der Waals surface area contributed by atoms with Gasteiger partial charge in [-0.05, 0) is 103 Å². The number of thiazole rings is 1. The number of aryl methyl sites for hydroxylation is 1. The van der Waals surface area contributed by atoms with Gasteiger partial charge in [0.05, 0.1) is 18.6 Å². The summed E-state index contributed by atoms with van der Waals surface area (Å²) in [5, 5.41) is 12.6. The largest absolute Gasteiger partial charge is 0.368 e. The van der Waals surface area contributed by atoms with E-state index in [2.05, 4.69) is 42.6 Å². The van der Waals surface area contributed by atoms with Crippen LogP contribution in [-0.2, 0) is 28.0 Å². The molecule has 15 nitrogen and oxygen atoms in total. The van der Waals surface area contributed by atoms with Crippen molar-refractivity contribution in [2.24, 2.45) is 7.05 Å². The average Bonchev–Trinajstić information content (AvgIpc) is 4.04. The van der Waals surface area contributed by atoms with Gasteiger partial charge in [-0.3, -0.25) is 44.3 Å². The molecule has 2 aromatic heterocycles. The fourth-order valence-electron chi connectivity index (χ4n) is 9.64. The van der Waals surface area contributed by atoms with Gasteiger partial charge in [0.25, 0.3) is 11.8 Å². The zero-order valence-electron chi connectivity index (χ0n) is 36.1. The summed E-state index contributed by atoms with van der Waals surface area (Å²) in [6.45, 7) is 4.60. The number of rotatable bonds is 10. The topological polar surface area (TPSA) is 156 Å². The van der Waals surface area contributed by atoms with Crippen LogP contribution in [0.3, 0.4) is 0 Å². The molecule has 6 heterocycles. The summed E-state index contributed by atoms with van der Waals surface area (Å²) >= 11 is 1.21. The highest BCUT2D eigenvalue weighted by Crippen LogP contribution is 2.38. The third-order valence-electron chi connectivity index (χ3n) is 13.2. The third kappa shape index (κ3) is 8.37. The van der Waals surface area contributed by atoms with Crippen LogP contribution >= 0.6 is 11.3 Å². The number of aromatic nitrogens is 3. The molecule has 6 amide bonds. The fraction of sp³-hybridized carbons (Fsp3) is 0.312. The molecule has 2 N–H and O–H groups in total. The van der Waals surface area contributed by atoms with Crippen molar-refractivity contribution in [3.05, 3.63) is 124 Å². The molecular weight excluding hydrogens is 867 g/mol. The molecule has 4 aromatic carbocycles. The van der Waals surface area contributed by atoms with E-state index in [9.17, 15) is 28.4 Å². The molecule has 0 saturated carbocycles. The number of carbonyl (C=O) groups is 5. The Morgan fingerprint density at radius 3 is 2.41 bits per heavy atom. The maximum absolute atomic E-state index is 15.8. The second-order valence-corrected chi connectivity index (χ2v) is 18.0. The third-order valence-corrected chi connectivity index (χ3v) is 13.9. The van der Waals surface area contributed by atoms with Crippen LogP contribution < -0.4 is 20.4 Å². The number of likely N-dealkylation sites (tertiary alicyclic amines) is 1. The number of carbonyl (C=O) groups excluding carboxylic acids is 5. The molecule has 4 aliphatic heterocycles. The van der Waals surface area contributed by atoms with Crippen LogP contribution in [-0.4, -0.2) is 111 Å². The van der Waals surface area contributed by atoms with Gasteiger partial charge >= 0.3 is 6.03 Å². The number of benzene rings is 4. The van der Waals surface area contributed by atoms with Crippen molar-refractivity contribution in [2.45, 2.75) is 37.8 Å². The van der Waals surface area contributed by atoms with Gasteiger partial charge < -0.3 is 14.7 Å². The standard InChI is InChI=1S/C48H46F2N10O5S/c1-55-40-26-31(7-10-36(40)44(54-55)59-17-13-41(61)52-48(59)65)30-11-15-56(16-12-30)28-42(62)58-20-18-57(19-21-58)35-8-5-29(6-9-35)33-24-37-38(39(50)25-33)27-60(46(37)64)43(32-3-2-4-34(49)23-32)45(63)53-47-51-14-22-66-47/h2-10,14,22-26,30,43H,11-13,15-21,27-28H2,1H3,(H,51,53,63)(H,52,61,65). The highest BCUT2D eigenvalue weighted by Gasteiger charge is 2.40. The smallest absolute Gasteiger partial charge is 0.329 e. The lowest BCUT2D eigenvalue weighted by Crippen LogP contribution is -2.51. The van der Waals surface area contributed by atoms with Gasteiger partial charge in [-0.15, -0.1) is 11.3 Å². The Morgan fingerprint density at radius 1 is 0.894 bits per heavy atom. The van der Waals surface area contributed by atoms with Crippen molar-refractivity contribution in [1.82, 2.24) is 34.8 Å². The summed E-state index contributed by atoms with van der Waals surface area (Å²) in [6.07, 6.45) is 3.60. The molecule has 3 saturated heterocycles. The Kier molecular flexibility index (Phi) is 11.5. The Labute approximate surface area is 382 Å². The number of hydrogen-bond donors (Lipinski definition) is 2. The van der Waals surface area contributed by atoms with E-state index in [-0.39, 0.29) is 48.0 Å². The molecule has 0 bridgehead atoms. The van der Waals surface area contributed by atoms with Gasteiger partial charge in [0, 0.05) is 80.0 Å². The summed E-state index contributed by atoms with van der Waals surface area (Å²) in [5.74, 6) is -1.56. The van der Waals surface area contributed by atoms with Gasteiger partial charge in [0.2, 0.25) is 11.8 Å². The van der Waals surface area contributed by atoms with Crippen molar-refractivity contribution in [3.8, 4) is 11.1 Å². The SMILES string of the molecule is Cn1nc(N2CCC(=O)NC2=O)c2ccc(C3CCN(CC(=O)N4CCN(c5ccc(-c6cc(F)c7c(c6)C(=O)N(C(C(=O)Nc6nccs6)c6cccc(F)c6)C7)cc5)CC4)CC3)cc21. The van der Waals surface area contributed by atoms with Gasteiger partial charge in [-0.25, -0.2) is 18.6 Å². The molecular formula is C48H46F2N10O5S. The lowest BCUT2D eigenvalue weighted by molar-refractivity contribution is -0.133. The number of nitrogens with zero attached hydrogens (tertiary/aromatic N) is 8. The van der Waals surface area contributed by atoms with Crippen LogP contribution in [0.5, 0.6) is 0 Å². The zero-order chi connectivity index (χ0) is 45.6. The number of imide groups is 1. The lowest BCUT2D eigenvalue weighted by Gasteiger charge is -2.38. The normalized spacial score (nSPS) is 17.7. The van der Waals surface area contributed by atoms with E-state index < -0.39 is 35.5 Å². The van der Waals surface area contributed by atoms with Crippen molar-refractivity contribution in [1.29, 1.82) is 0 Å². The number of piperidine rings is 1. The Balaban J connectivity index is 0.731. The van der Waals surface area contributed by atoms with Gasteiger partial charge in [0.1, 0.15) is 17.7 Å². The number of urea groups is 1. The molecule has 3 fully saturated rings. The Morgan fingerprint density at radius 2 is 1.68 bits per heavy atom. The molecule has 0 aliphatic carbocycles. The minimum Gasteiger partial charge on any atom is -0.368 e. The highest BCUT2D eigenvalue weighted by molar-refractivity contribution is 7.13. The summed E-state index contributed by atoms with van der Waals surface area (Å²) in [5.41, 5.74) is 4.88. The molecule has 4 aliphatic rings. The van der Waals surface area contributed by atoms with Crippen LogP contribution in [0.1, 0.15) is 58.3 Å². The van der Waals surface area contributed by atoms with Crippen molar-refractivity contribution < 1.29 is 32.8 Å². The molecule has 10 rings (SSSR count). The fourth-order valence-corrected chi connectivity index (χ4v) is 10.2. The second kappa shape index (κ2) is 17.7. The van der Waals surface area contributed by atoms with E-state index in [0.29, 0.717) is 60.7 Å². The first-order valence-electron chi connectivity index (χ1n) is 22.0. The molecule has 18 heteroatoms. The van der Waals surface area contributed by atoms with Gasteiger partial charge in [-0.1, -0.05) is 30.3 Å². The second-order valence-electron chi connectivity index (χ2n) is 17.1. The first kappa shape index (κ1) is 42.9. The first-order valence-corrected chi connectivity index (χ1v) is 22.9. The number of amides is 6. The van der Waals surface area contributed by atoms with Gasteiger partial charge in [-0.2, -0.15) is 5.10 Å². The van der Waals surface area contributed by atoms with Crippen LogP contribution in [0.4, 0.5) is 30.2 Å². The van der Waals surface area contributed by atoms with Crippen molar-refractivity contribution in [2.75, 3.05) is 67.5 Å². The Bertz CT molecular complexity index is 2870.